The van der Waals surface area contributed by atoms with Crippen LogP contribution >= 0.6 is 0 Å². The molecule has 2 atom stereocenters. The van der Waals surface area contributed by atoms with Crippen molar-refractivity contribution in [3.05, 3.63) is 59.5 Å². The second kappa shape index (κ2) is 6.97. The number of benzene rings is 1. The standard InChI is InChI=1S/C18H20FN3O2/c19-14-7-2-1-5-12(14)11-15-16(23)8-4-10-22(15)18(24)13-6-3-9-21-17(13)20/h1-3,5-7,9,15-16,23H,4,8,10-11H2,(H2,20,21)/t15-,16-/m0/s1. The number of nitrogens with zero attached hydrogens (tertiary/aromatic N) is 2. The lowest BCUT2D eigenvalue weighted by molar-refractivity contribution is 0.0116. The topological polar surface area (TPSA) is 79.5 Å². The summed E-state index contributed by atoms with van der Waals surface area (Å²) in [5, 5.41) is 10.4. The number of nitrogen functional groups attached to an aromatic ring is 1. The van der Waals surface area contributed by atoms with Gasteiger partial charge in [0.15, 0.2) is 0 Å². The zero-order valence-corrected chi connectivity index (χ0v) is 13.2. The van der Waals surface area contributed by atoms with Crippen LogP contribution in [0.25, 0.3) is 0 Å². The number of halogens is 1. The SMILES string of the molecule is Nc1ncccc1C(=O)N1CCC[C@H](O)[C@@H]1Cc1ccccc1F. The van der Waals surface area contributed by atoms with Gasteiger partial charge in [0, 0.05) is 12.7 Å². The summed E-state index contributed by atoms with van der Waals surface area (Å²) in [5.41, 5.74) is 6.60. The fraction of sp³-hybridized carbons (Fsp3) is 0.333. The van der Waals surface area contributed by atoms with E-state index in [1.165, 1.54) is 12.3 Å². The molecule has 3 rings (SSSR count). The Kier molecular flexibility index (Phi) is 4.76. The molecule has 2 aromatic rings. The fourth-order valence-corrected chi connectivity index (χ4v) is 3.18. The summed E-state index contributed by atoms with van der Waals surface area (Å²) in [6.45, 7) is 0.503. The molecule has 1 aliphatic rings. The predicted molar refractivity (Wildman–Crippen MR) is 88.8 cm³/mol. The molecule has 24 heavy (non-hydrogen) atoms. The number of likely N-dealkylation sites (tertiary alicyclic amines) is 1. The number of aliphatic hydroxyl groups excluding tert-OH is 1. The molecule has 0 bridgehead atoms. The van der Waals surface area contributed by atoms with Crippen molar-refractivity contribution in [3.63, 3.8) is 0 Å². The van der Waals surface area contributed by atoms with Crippen LogP contribution in [0.2, 0.25) is 0 Å². The zero-order valence-electron chi connectivity index (χ0n) is 13.2. The molecular weight excluding hydrogens is 309 g/mol. The maximum atomic E-state index is 14.0. The number of hydrogen-bond acceptors (Lipinski definition) is 4. The van der Waals surface area contributed by atoms with Crippen LogP contribution in [0, 0.1) is 5.82 Å². The van der Waals surface area contributed by atoms with Gasteiger partial charge in [-0.2, -0.15) is 0 Å². The number of amides is 1. The first-order chi connectivity index (χ1) is 11.6. The molecule has 0 spiro atoms. The number of nitrogens with two attached hydrogens (primary N) is 1. The number of carbonyl (C=O) groups excluding carboxylic acids is 1. The molecule has 0 saturated carbocycles. The van der Waals surface area contributed by atoms with Gasteiger partial charge in [-0.1, -0.05) is 18.2 Å². The van der Waals surface area contributed by atoms with Crippen molar-refractivity contribution in [2.24, 2.45) is 0 Å². The highest BCUT2D eigenvalue weighted by Crippen LogP contribution is 2.25. The minimum absolute atomic E-state index is 0.159. The normalized spacial score (nSPS) is 20.8. The van der Waals surface area contributed by atoms with Gasteiger partial charge < -0.3 is 15.7 Å². The molecule has 2 heterocycles. The summed E-state index contributed by atoms with van der Waals surface area (Å²) in [4.78, 5) is 18.4. The van der Waals surface area contributed by atoms with Gasteiger partial charge >= 0.3 is 0 Å². The van der Waals surface area contributed by atoms with E-state index in [2.05, 4.69) is 4.98 Å². The molecule has 3 N–H and O–H groups in total. The van der Waals surface area contributed by atoms with Crippen molar-refractivity contribution in [3.8, 4) is 0 Å². The van der Waals surface area contributed by atoms with Crippen LogP contribution < -0.4 is 5.73 Å². The summed E-state index contributed by atoms with van der Waals surface area (Å²) in [5.74, 6) is -0.448. The Labute approximate surface area is 139 Å². The van der Waals surface area contributed by atoms with Gasteiger partial charge in [-0.15, -0.1) is 0 Å². The average molecular weight is 329 g/mol. The summed E-state index contributed by atoms with van der Waals surface area (Å²) in [6.07, 6.45) is 2.38. The number of anilines is 1. The van der Waals surface area contributed by atoms with E-state index in [1.54, 1.807) is 35.2 Å². The van der Waals surface area contributed by atoms with Crippen LogP contribution in [-0.2, 0) is 6.42 Å². The number of aliphatic hydroxyl groups is 1. The van der Waals surface area contributed by atoms with E-state index in [-0.39, 0.29) is 24.0 Å². The van der Waals surface area contributed by atoms with Gasteiger partial charge in [0.05, 0.1) is 17.7 Å². The molecule has 1 aliphatic heterocycles. The molecule has 6 heteroatoms. The minimum atomic E-state index is -0.694. The Balaban J connectivity index is 1.88. The fourth-order valence-electron chi connectivity index (χ4n) is 3.18. The van der Waals surface area contributed by atoms with Gasteiger partial charge in [-0.05, 0) is 43.0 Å². The molecule has 1 fully saturated rings. The molecule has 0 unspecified atom stereocenters. The zero-order chi connectivity index (χ0) is 17.1. The van der Waals surface area contributed by atoms with E-state index in [0.29, 0.717) is 30.5 Å². The highest BCUT2D eigenvalue weighted by atomic mass is 19.1. The first-order valence-corrected chi connectivity index (χ1v) is 8.01. The van der Waals surface area contributed by atoms with Gasteiger partial charge in [-0.3, -0.25) is 4.79 Å². The molecule has 1 aromatic carbocycles. The van der Waals surface area contributed by atoms with E-state index in [9.17, 15) is 14.3 Å². The van der Waals surface area contributed by atoms with E-state index in [4.69, 9.17) is 5.73 Å². The van der Waals surface area contributed by atoms with Crippen LogP contribution in [0.3, 0.4) is 0 Å². The largest absolute Gasteiger partial charge is 0.391 e. The van der Waals surface area contributed by atoms with Crippen LogP contribution in [0.1, 0.15) is 28.8 Å². The Morgan fingerprint density at radius 3 is 2.88 bits per heavy atom. The van der Waals surface area contributed by atoms with Crippen molar-refractivity contribution in [2.75, 3.05) is 12.3 Å². The van der Waals surface area contributed by atoms with Crippen LogP contribution in [0.5, 0.6) is 0 Å². The van der Waals surface area contributed by atoms with Crippen molar-refractivity contribution in [1.29, 1.82) is 0 Å². The number of pyridine rings is 1. The second-order valence-corrected chi connectivity index (χ2v) is 6.01. The Morgan fingerprint density at radius 1 is 1.33 bits per heavy atom. The monoisotopic (exact) mass is 329 g/mol. The van der Waals surface area contributed by atoms with E-state index >= 15 is 0 Å². The van der Waals surface area contributed by atoms with Gasteiger partial charge in [0.25, 0.3) is 5.91 Å². The van der Waals surface area contributed by atoms with E-state index in [1.807, 2.05) is 0 Å². The van der Waals surface area contributed by atoms with Gasteiger partial charge in [-0.25, -0.2) is 9.37 Å². The first kappa shape index (κ1) is 16.4. The molecule has 1 aromatic heterocycles. The third-order valence-corrected chi connectivity index (χ3v) is 4.46. The summed E-state index contributed by atoms with van der Waals surface area (Å²) < 4.78 is 14.0. The van der Waals surface area contributed by atoms with Gasteiger partial charge in [0.2, 0.25) is 0 Å². The van der Waals surface area contributed by atoms with E-state index in [0.717, 1.165) is 0 Å². The smallest absolute Gasteiger partial charge is 0.257 e. The lowest BCUT2D eigenvalue weighted by atomic mass is 9.92. The third-order valence-electron chi connectivity index (χ3n) is 4.46. The Morgan fingerprint density at radius 2 is 2.12 bits per heavy atom. The summed E-state index contributed by atoms with van der Waals surface area (Å²) >= 11 is 0. The first-order valence-electron chi connectivity index (χ1n) is 8.01. The minimum Gasteiger partial charge on any atom is -0.391 e. The van der Waals surface area contributed by atoms with Crippen molar-refractivity contribution in [1.82, 2.24) is 9.88 Å². The second-order valence-electron chi connectivity index (χ2n) is 6.01. The molecule has 126 valence electrons. The molecule has 1 saturated heterocycles. The summed E-state index contributed by atoms with van der Waals surface area (Å²) in [6, 6.07) is 9.21. The molecule has 0 radical (unpaired) electrons. The van der Waals surface area contributed by atoms with Crippen molar-refractivity contribution < 1.29 is 14.3 Å². The van der Waals surface area contributed by atoms with Crippen LogP contribution in [0.15, 0.2) is 42.6 Å². The molecule has 5 nitrogen and oxygen atoms in total. The molecule has 0 aliphatic carbocycles. The van der Waals surface area contributed by atoms with E-state index < -0.39 is 12.1 Å². The maximum absolute atomic E-state index is 14.0. The Hall–Kier alpha value is -2.47. The number of aromatic nitrogens is 1. The highest BCUT2D eigenvalue weighted by Gasteiger charge is 2.34. The lowest BCUT2D eigenvalue weighted by Gasteiger charge is -2.39. The van der Waals surface area contributed by atoms with Crippen molar-refractivity contribution in [2.45, 2.75) is 31.4 Å². The lowest BCUT2D eigenvalue weighted by Crippen LogP contribution is -2.52. The number of carbonyl (C=O) groups is 1. The predicted octanol–water partition coefficient (Wildman–Crippen LogP) is 2.01. The van der Waals surface area contributed by atoms with Crippen LogP contribution in [-0.4, -0.2) is 39.6 Å². The quantitative estimate of drug-likeness (QED) is 0.903. The van der Waals surface area contributed by atoms with Crippen LogP contribution in [0.4, 0.5) is 10.2 Å². The average Bonchev–Trinajstić information content (AvgIpc) is 2.58. The number of piperidine rings is 1. The van der Waals surface area contributed by atoms with Crippen molar-refractivity contribution >= 4 is 11.7 Å². The summed E-state index contributed by atoms with van der Waals surface area (Å²) in [7, 11) is 0. The Bertz CT molecular complexity index is 738. The third kappa shape index (κ3) is 3.23. The molecular formula is C18H20FN3O2. The highest BCUT2D eigenvalue weighted by molar-refractivity contribution is 5.98. The van der Waals surface area contributed by atoms with Gasteiger partial charge in [0.1, 0.15) is 11.6 Å². The maximum Gasteiger partial charge on any atom is 0.257 e. The number of hydrogen-bond donors (Lipinski definition) is 2. The molecule has 1 amide bonds. The number of rotatable bonds is 3.